The van der Waals surface area contributed by atoms with Crippen LogP contribution in [-0.4, -0.2) is 32.9 Å². The van der Waals surface area contributed by atoms with Gasteiger partial charge < -0.3 is 10.4 Å². The van der Waals surface area contributed by atoms with Gasteiger partial charge in [0, 0.05) is 12.2 Å². The molecule has 5 heteroatoms. The van der Waals surface area contributed by atoms with Crippen LogP contribution in [0.2, 0.25) is 0 Å². The quantitative estimate of drug-likeness (QED) is 0.776. The van der Waals surface area contributed by atoms with Crippen molar-refractivity contribution in [2.24, 2.45) is 0 Å². The van der Waals surface area contributed by atoms with Gasteiger partial charge in [0.15, 0.2) is 0 Å². The Labute approximate surface area is 108 Å². The number of carboxylic acids is 1. The maximum Gasteiger partial charge on any atom is 0.323 e. The van der Waals surface area contributed by atoms with E-state index in [9.17, 15) is 9.90 Å². The first-order chi connectivity index (χ1) is 8.39. The Morgan fingerprint density at radius 1 is 1.56 bits per heavy atom. The Morgan fingerprint density at radius 2 is 2.22 bits per heavy atom. The number of rotatable bonds is 7. The van der Waals surface area contributed by atoms with Crippen LogP contribution in [0.25, 0.3) is 0 Å². The van der Waals surface area contributed by atoms with Crippen LogP contribution >= 0.6 is 0 Å². The van der Waals surface area contributed by atoms with Gasteiger partial charge in [-0.15, -0.1) is 0 Å². The molecule has 1 aromatic rings. The zero-order valence-electron chi connectivity index (χ0n) is 11.7. The minimum Gasteiger partial charge on any atom is -0.480 e. The van der Waals surface area contributed by atoms with E-state index in [4.69, 9.17) is 0 Å². The molecule has 0 saturated carbocycles. The minimum atomic E-state index is -0.842. The summed E-state index contributed by atoms with van der Waals surface area (Å²) in [5.41, 5.74) is 1.28. The van der Waals surface area contributed by atoms with Crippen LogP contribution in [0.4, 0.5) is 0 Å². The molecular weight excluding hydrogens is 230 g/mol. The summed E-state index contributed by atoms with van der Waals surface area (Å²) < 4.78 is 1.93. The van der Waals surface area contributed by atoms with Gasteiger partial charge in [0.25, 0.3) is 0 Å². The molecule has 0 aromatic carbocycles. The number of aliphatic carboxylic acids is 1. The molecule has 1 aromatic heterocycles. The Bertz CT molecular complexity index is 414. The fourth-order valence-corrected chi connectivity index (χ4v) is 2.14. The summed E-state index contributed by atoms with van der Waals surface area (Å²) in [5.74, 6) is -0.794. The standard InChI is InChI=1S/C13H23N3O2/c1-5-14-13(4,12(17)18)7-6-8-16-11(3)9-10(2)15-16/h9,14H,5-8H2,1-4H3,(H,17,18). The highest BCUT2D eigenvalue weighted by atomic mass is 16.4. The summed E-state index contributed by atoms with van der Waals surface area (Å²) >= 11 is 0. The first-order valence-electron chi connectivity index (χ1n) is 6.38. The van der Waals surface area contributed by atoms with E-state index in [0.717, 1.165) is 24.4 Å². The van der Waals surface area contributed by atoms with Gasteiger partial charge in [-0.25, -0.2) is 0 Å². The number of likely N-dealkylation sites (N-methyl/N-ethyl adjacent to an activating group) is 1. The predicted octanol–water partition coefficient (Wildman–Crippen LogP) is 1.73. The molecule has 1 atom stereocenters. The molecule has 0 saturated heterocycles. The third kappa shape index (κ3) is 3.57. The molecule has 0 amide bonds. The Kier molecular flexibility index (Phi) is 4.90. The number of hydrogen-bond donors (Lipinski definition) is 2. The van der Waals surface area contributed by atoms with Gasteiger partial charge in [0.1, 0.15) is 5.54 Å². The molecule has 1 heterocycles. The van der Waals surface area contributed by atoms with Gasteiger partial charge in [0.2, 0.25) is 0 Å². The van der Waals surface area contributed by atoms with Crippen molar-refractivity contribution >= 4 is 5.97 Å². The van der Waals surface area contributed by atoms with E-state index in [0.29, 0.717) is 13.0 Å². The fraction of sp³-hybridized carbons (Fsp3) is 0.692. The van der Waals surface area contributed by atoms with Crippen LogP contribution in [-0.2, 0) is 11.3 Å². The number of aromatic nitrogens is 2. The number of nitrogens with zero attached hydrogens (tertiary/aromatic N) is 2. The van der Waals surface area contributed by atoms with E-state index in [1.807, 2.05) is 31.5 Å². The van der Waals surface area contributed by atoms with Crippen molar-refractivity contribution in [1.82, 2.24) is 15.1 Å². The summed E-state index contributed by atoms with van der Waals surface area (Å²) in [6, 6.07) is 2.03. The highest BCUT2D eigenvalue weighted by Crippen LogP contribution is 2.14. The Balaban J connectivity index is 2.54. The van der Waals surface area contributed by atoms with E-state index in [2.05, 4.69) is 10.4 Å². The van der Waals surface area contributed by atoms with E-state index in [1.165, 1.54) is 0 Å². The van der Waals surface area contributed by atoms with Crippen molar-refractivity contribution in [1.29, 1.82) is 0 Å². The number of carboxylic acid groups (broad SMARTS) is 1. The van der Waals surface area contributed by atoms with Crippen molar-refractivity contribution in [3.05, 3.63) is 17.5 Å². The average Bonchev–Trinajstić information content (AvgIpc) is 2.57. The zero-order valence-corrected chi connectivity index (χ0v) is 11.7. The summed E-state index contributed by atoms with van der Waals surface area (Å²) in [6.45, 7) is 9.04. The summed E-state index contributed by atoms with van der Waals surface area (Å²) in [7, 11) is 0. The van der Waals surface area contributed by atoms with E-state index in [-0.39, 0.29) is 0 Å². The van der Waals surface area contributed by atoms with Gasteiger partial charge in [-0.1, -0.05) is 6.92 Å². The van der Waals surface area contributed by atoms with Gasteiger partial charge in [-0.2, -0.15) is 5.10 Å². The molecule has 2 N–H and O–H groups in total. The molecular formula is C13H23N3O2. The van der Waals surface area contributed by atoms with Gasteiger partial charge in [0.05, 0.1) is 5.69 Å². The van der Waals surface area contributed by atoms with Crippen molar-refractivity contribution in [2.75, 3.05) is 6.54 Å². The molecule has 0 bridgehead atoms. The fourth-order valence-electron chi connectivity index (χ4n) is 2.14. The van der Waals surface area contributed by atoms with Gasteiger partial charge >= 0.3 is 5.97 Å². The number of nitrogens with one attached hydrogen (secondary N) is 1. The molecule has 0 radical (unpaired) electrons. The van der Waals surface area contributed by atoms with Crippen LogP contribution in [0.15, 0.2) is 6.07 Å². The summed E-state index contributed by atoms with van der Waals surface area (Å²) in [5, 5.41) is 16.6. The summed E-state index contributed by atoms with van der Waals surface area (Å²) in [4.78, 5) is 11.2. The molecule has 0 fully saturated rings. The molecule has 1 rings (SSSR count). The van der Waals surface area contributed by atoms with Crippen LogP contribution in [0.1, 0.15) is 38.1 Å². The molecule has 0 aliphatic rings. The number of aryl methyl sites for hydroxylation is 3. The SMILES string of the molecule is CCNC(C)(CCCn1nc(C)cc1C)C(=O)O. The van der Waals surface area contributed by atoms with E-state index < -0.39 is 11.5 Å². The highest BCUT2D eigenvalue weighted by molar-refractivity contribution is 5.78. The van der Waals surface area contributed by atoms with Crippen LogP contribution in [0, 0.1) is 13.8 Å². The Morgan fingerprint density at radius 3 is 2.67 bits per heavy atom. The Hall–Kier alpha value is -1.36. The smallest absolute Gasteiger partial charge is 0.323 e. The number of carbonyl (C=O) groups is 1. The highest BCUT2D eigenvalue weighted by Gasteiger charge is 2.31. The lowest BCUT2D eigenvalue weighted by atomic mass is 9.96. The molecule has 0 spiro atoms. The zero-order chi connectivity index (χ0) is 13.8. The third-order valence-corrected chi connectivity index (χ3v) is 3.19. The van der Waals surface area contributed by atoms with Crippen molar-refractivity contribution in [3.63, 3.8) is 0 Å². The van der Waals surface area contributed by atoms with Crippen LogP contribution in [0.3, 0.4) is 0 Å². The maximum atomic E-state index is 11.2. The minimum absolute atomic E-state index is 0.592. The van der Waals surface area contributed by atoms with Crippen LogP contribution < -0.4 is 5.32 Å². The second-order valence-corrected chi connectivity index (χ2v) is 4.92. The molecule has 0 aliphatic carbocycles. The first-order valence-corrected chi connectivity index (χ1v) is 6.38. The van der Waals surface area contributed by atoms with Crippen molar-refractivity contribution in [2.45, 2.75) is 52.6 Å². The summed E-state index contributed by atoms with van der Waals surface area (Å²) in [6.07, 6.45) is 1.38. The molecule has 102 valence electrons. The van der Waals surface area contributed by atoms with E-state index >= 15 is 0 Å². The average molecular weight is 253 g/mol. The second kappa shape index (κ2) is 6.00. The topological polar surface area (TPSA) is 67.2 Å². The monoisotopic (exact) mass is 253 g/mol. The first kappa shape index (κ1) is 14.7. The van der Waals surface area contributed by atoms with E-state index in [1.54, 1.807) is 6.92 Å². The lowest BCUT2D eigenvalue weighted by Gasteiger charge is -2.25. The molecule has 0 aliphatic heterocycles. The van der Waals surface area contributed by atoms with Crippen LogP contribution in [0.5, 0.6) is 0 Å². The molecule has 5 nitrogen and oxygen atoms in total. The number of hydrogen-bond acceptors (Lipinski definition) is 3. The third-order valence-electron chi connectivity index (χ3n) is 3.19. The molecule has 18 heavy (non-hydrogen) atoms. The lowest BCUT2D eigenvalue weighted by Crippen LogP contribution is -2.49. The predicted molar refractivity (Wildman–Crippen MR) is 70.7 cm³/mol. The van der Waals surface area contributed by atoms with Gasteiger partial charge in [-0.3, -0.25) is 9.48 Å². The second-order valence-electron chi connectivity index (χ2n) is 4.92. The normalized spacial score (nSPS) is 14.4. The van der Waals surface area contributed by atoms with Crippen molar-refractivity contribution in [3.8, 4) is 0 Å². The maximum absolute atomic E-state index is 11.2. The largest absolute Gasteiger partial charge is 0.480 e. The molecule has 1 unspecified atom stereocenters. The van der Waals surface area contributed by atoms with Gasteiger partial charge in [-0.05, 0) is 46.2 Å². The van der Waals surface area contributed by atoms with Crippen molar-refractivity contribution < 1.29 is 9.90 Å². The lowest BCUT2D eigenvalue weighted by molar-refractivity contribution is -0.144.